The standard InChI is InChI=1S/C14H20N2O2/c1-12(15-17)13-6-2-3-7-14(13)18-11-10-16-8-4-5-9-16/h2-3,6-7,17H,4-5,8-11H2,1H3/b15-12-. The largest absolute Gasteiger partial charge is 0.492 e. The summed E-state index contributed by atoms with van der Waals surface area (Å²) in [6.45, 7) is 5.77. The molecule has 1 aromatic carbocycles. The highest BCUT2D eigenvalue weighted by Crippen LogP contribution is 2.19. The summed E-state index contributed by atoms with van der Waals surface area (Å²) >= 11 is 0. The van der Waals surface area contributed by atoms with Crippen LogP contribution in [-0.4, -0.2) is 42.1 Å². The number of ether oxygens (including phenoxy) is 1. The zero-order valence-corrected chi connectivity index (χ0v) is 10.8. The molecule has 0 aliphatic carbocycles. The minimum atomic E-state index is 0.576. The Morgan fingerprint density at radius 3 is 2.78 bits per heavy atom. The number of para-hydroxylation sites is 1. The third-order valence-corrected chi connectivity index (χ3v) is 3.29. The maximum Gasteiger partial charge on any atom is 0.128 e. The smallest absolute Gasteiger partial charge is 0.128 e. The van der Waals surface area contributed by atoms with Gasteiger partial charge >= 0.3 is 0 Å². The highest BCUT2D eigenvalue weighted by atomic mass is 16.5. The maximum atomic E-state index is 8.83. The van der Waals surface area contributed by atoms with Gasteiger partial charge in [-0.25, -0.2) is 0 Å². The van der Waals surface area contributed by atoms with Crippen LogP contribution in [0.3, 0.4) is 0 Å². The summed E-state index contributed by atoms with van der Waals surface area (Å²) in [5.74, 6) is 0.784. The molecule has 1 heterocycles. The van der Waals surface area contributed by atoms with Crippen LogP contribution in [-0.2, 0) is 0 Å². The number of rotatable bonds is 5. The van der Waals surface area contributed by atoms with Gasteiger partial charge in [0.05, 0.1) is 5.71 Å². The summed E-state index contributed by atoms with van der Waals surface area (Å²) in [6, 6.07) is 7.66. The van der Waals surface area contributed by atoms with Gasteiger partial charge in [0, 0.05) is 12.1 Å². The van der Waals surface area contributed by atoms with Crippen molar-refractivity contribution in [3.8, 4) is 5.75 Å². The van der Waals surface area contributed by atoms with Gasteiger partial charge in [-0.1, -0.05) is 17.3 Å². The van der Waals surface area contributed by atoms with E-state index in [4.69, 9.17) is 9.94 Å². The van der Waals surface area contributed by atoms with E-state index in [2.05, 4.69) is 10.1 Å². The third kappa shape index (κ3) is 3.23. The predicted molar refractivity (Wildman–Crippen MR) is 71.6 cm³/mol. The van der Waals surface area contributed by atoms with Gasteiger partial charge in [-0.15, -0.1) is 0 Å². The highest BCUT2D eigenvalue weighted by Gasteiger charge is 2.12. The van der Waals surface area contributed by atoms with Crippen LogP contribution in [0.15, 0.2) is 29.4 Å². The van der Waals surface area contributed by atoms with E-state index in [0.29, 0.717) is 12.3 Å². The number of likely N-dealkylation sites (tertiary alicyclic amines) is 1. The van der Waals surface area contributed by atoms with Crippen molar-refractivity contribution in [3.63, 3.8) is 0 Å². The van der Waals surface area contributed by atoms with Crippen LogP contribution in [0.5, 0.6) is 5.75 Å². The van der Waals surface area contributed by atoms with E-state index >= 15 is 0 Å². The van der Waals surface area contributed by atoms with Gasteiger partial charge in [-0.2, -0.15) is 0 Å². The first-order chi connectivity index (χ1) is 8.81. The molecule has 1 N–H and O–H groups in total. The van der Waals surface area contributed by atoms with Gasteiger partial charge in [0.2, 0.25) is 0 Å². The molecular weight excluding hydrogens is 228 g/mol. The Kier molecular flexibility index (Phi) is 4.59. The minimum absolute atomic E-state index is 0.576. The van der Waals surface area contributed by atoms with Gasteiger partial charge in [0.25, 0.3) is 0 Å². The molecule has 4 heteroatoms. The van der Waals surface area contributed by atoms with Crippen molar-refractivity contribution in [2.45, 2.75) is 19.8 Å². The maximum absolute atomic E-state index is 8.83. The normalized spacial score (nSPS) is 17.1. The second-order valence-corrected chi connectivity index (χ2v) is 4.58. The molecule has 1 aliphatic heterocycles. The zero-order chi connectivity index (χ0) is 12.8. The van der Waals surface area contributed by atoms with E-state index in [1.165, 1.54) is 25.9 Å². The molecule has 0 unspecified atom stereocenters. The molecule has 1 aromatic rings. The molecule has 0 bridgehead atoms. The second kappa shape index (κ2) is 6.40. The van der Waals surface area contributed by atoms with Gasteiger partial charge < -0.3 is 9.94 Å². The summed E-state index contributed by atoms with van der Waals surface area (Å²) in [5.41, 5.74) is 1.42. The Balaban J connectivity index is 1.92. The van der Waals surface area contributed by atoms with Gasteiger partial charge in [-0.05, 0) is 45.0 Å². The van der Waals surface area contributed by atoms with Crippen molar-refractivity contribution in [3.05, 3.63) is 29.8 Å². The lowest BCUT2D eigenvalue weighted by Gasteiger charge is -2.16. The fourth-order valence-electron chi connectivity index (χ4n) is 2.24. The topological polar surface area (TPSA) is 45.1 Å². The average Bonchev–Trinajstić information content (AvgIpc) is 2.92. The molecule has 1 saturated heterocycles. The number of hydrogen-bond donors (Lipinski definition) is 1. The predicted octanol–water partition coefficient (Wildman–Crippen LogP) is 2.36. The molecule has 0 amide bonds. The Morgan fingerprint density at radius 1 is 1.33 bits per heavy atom. The van der Waals surface area contributed by atoms with Crippen LogP contribution < -0.4 is 4.74 Å². The summed E-state index contributed by atoms with van der Waals surface area (Å²) in [7, 11) is 0. The van der Waals surface area contributed by atoms with E-state index in [9.17, 15) is 0 Å². The van der Waals surface area contributed by atoms with E-state index in [-0.39, 0.29) is 0 Å². The lowest BCUT2D eigenvalue weighted by molar-refractivity contribution is 0.237. The number of hydrogen-bond acceptors (Lipinski definition) is 4. The van der Waals surface area contributed by atoms with Crippen molar-refractivity contribution in [1.82, 2.24) is 4.90 Å². The molecule has 1 fully saturated rings. The molecule has 0 aromatic heterocycles. The second-order valence-electron chi connectivity index (χ2n) is 4.58. The van der Waals surface area contributed by atoms with Crippen molar-refractivity contribution >= 4 is 5.71 Å². The van der Waals surface area contributed by atoms with E-state index in [1.807, 2.05) is 24.3 Å². The van der Waals surface area contributed by atoms with Gasteiger partial charge in [0.1, 0.15) is 12.4 Å². The van der Waals surface area contributed by atoms with Crippen LogP contribution in [0.1, 0.15) is 25.3 Å². The van der Waals surface area contributed by atoms with Crippen molar-refractivity contribution in [2.24, 2.45) is 5.16 Å². The third-order valence-electron chi connectivity index (χ3n) is 3.29. The summed E-state index contributed by atoms with van der Waals surface area (Å²) < 4.78 is 5.79. The number of nitrogens with zero attached hydrogens (tertiary/aromatic N) is 2. The Labute approximate surface area is 108 Å². The fourth-order valence-corrected chi connectivity index (χ4v) is 2.24. The van der Waals surface area contributed by atoms with Crippen LogP contribution in [0.2, 0.25) is 0 Å². The van der Waals surface area contributed by atoms with Crippen LogP contribution >= 0.6 is 0 Å². The average molecular weight is 248 g/mol. The molecule has 2 rings (SSSR count). The van der Waals surface area contributed by atoms with Crippen molar-refractivity contribution < 1.29 is 9.94 Å². The Morgan fingerprint density at radius 2 is 2.06 bits per heavy atom. The Hall–Kier alpha value is -1.55. The molecule has 4 nitrogen and oxygen atoms in total. The van der Waals surface area contributed by atoms with Gasteiger partial charge in [-0.3, -0.25) is 4.90 Å². The molecule has 0 radical (unpaired) electrons. The SMILES string of the molecule is C/C(=N/O)c1ccccc1OCCN1CCCC1. The lowest BCUT2D eigenvalue weighted by Crippen LogP contribution is -2.25. The van der Waals surface area contributed by atoms with Crippen LogP contribution in [0, 0.1) is 0 Å². The first-order valence-electron chi connectivity index (χ1n) is 6.44. The number of benzene rings is 1. The molecular formula is C14H20N2O2. The zero-order valence-electron chi connectivity index (χ0n) is 10.8. The van der Waals surface area contributed by atoms with Crippen molar-refractivity contribution in [1.29, 1.82) is 0 Å². The summed E-state index contributed by atoms with van der Waals surface area (Å²) in [6.07, 6.45) is 2.60. The first kappa shape index (κ1) is 12.9. The summed E-state index contributed by atoms with van der Waals surface area (Å²) in [4.78, 5) is 2.41. The molecule has 18 heavy (non-hydrogen) atoms. The summed E-state index contributed by atoms with van der Waals surface area (Å²) in [5, 5.41) is 12.1. The quantitative estimate of drug-likeness (QED) is 0.494. The molecule has 0 atom stereocenters. The minimum Gasteiger partial charge on any atom is -0.492 e. The molecule has 0 saturated carbocycles. The van der Waals surface area contributed by atoms with Crippen LogP contribution in [0.25, 0.3) is 0 Å². The van der Waals surface area contributed by atoms with Gasteiger partial charge in [0.15, 0.2) is 0 Å². The Bertz CT molecular complexity index is 412. The molecule has 98 valence electrons. The van der Waals surface area contributed by atoms with E-state index in [1.54, 1.807) is 6.92 Å². The number of oxime groups is 1. The van der Waals surface area contributed by atoms with Crippen molar-refractivity contribution in [2.75, 3.05) is 26.2 Å². The fraction of sp³-hybridized carbons (Fsp3) is 0.500. The molecule has 0 spiro atoms. The lowest BCUT2D eigenvalue weighted by atomic mass is 10.1. The van der Waals surface area contributed by atoms with Crippen LogP contribution in [0.4, 0.5) is 0 Å². The van der Waals surface area contributed by atoms with E-state index in [0.717, 1.165) is 17.9 Å². The molecule has 1 aliphatic rings. The first-order valence-corrected chi connectivity index (χ1v) is 6.44. The monoisotopic (exact) mass is 248 g/mol. The van der Waals surface area contributed by atoms with E-state index < -0.39 is 0 Å². The highest BCUT2D eigenvalue weighted by molar-refractivity contribution is 6.00.